The molecule has 0 bridgehead atoms. The molecular formula is C26H31N5O4. The van der Waals surface area contributed by atoms with Crippen LogP contribution in [0.3, 0.4) is 0 Å². The van der Waals surface area contributed by atoms with Crippen LogP contribution in [0.5, 0.6) is 0 Å². The summed E-state index contributed by atoms with van der Waals surface area (Å²) in [6.07, 6.45) is 0.905. The standard InChI is InChI=1S/C26H31N5O4/c1-7-26(8-2)24(34)29(25(35)27-26)15-21(32)20-14-16(3)30(17(20)4)22-18(5)28(6)31(23(22)33)19-12-10-9-11-13-19/h9-14H,7-8,15H2,1-6H3,(H,27,35). The molecule has 0 unspecified atom stereocenters. The molecule has 1 N–H and O–H groups in total. The molecule has 9 nitrogen and oxygen atoms in total. The van der Waals surface area contributed by atoms with Crippen LogP contribution in [-0.4, -0.2) is 48.6 Å². The number of amides is 3. The Kier molecular flexibility index (Phi) is 6.04. The summed E-state index contributed by atoms with van der Waals surface area (Å²) < 4.78 is 5.15. The normalized spacial score (nSPS) is 15.1. The van der Waals surface area contributed by atoms with Crippen LogP contribution in [0.15, 0.2) is 41.2 Å². The average Bonchev–Trinajstić information content (AvgIpc) is 3.36. The summed E-state index contributed by atoms with van der Waals surface area (Å²) in [5.41, 5.74) is 2.44. The molecule has 0 aliphatic carbocycles. The Morgan fingerprint density at radius 3 is 2.17 bits per heavy atom. The van der Waals surface area contributed by atoms with Crippen molar-refractivity contribution in [3.05, 3.63) is 69.4 Å². The van der Waals surface area contributed by atoms with E-state index in [4.69, 9.17) is 0 Å². The van der Waals surface area contributed by atoms with Crippen molar-refractivity contribution in [2.45, 2.75) is 53.0 Å². The lowest BCUT2D eigenvalue weighted by Gasteiger charge is -2.22. The molecule has 2 aromatic heterocycles. The van der Waals surface area contributed by atoms with Gasteiger partial charge in [-0.05, 0) is 51.8 Å². The largest absolute Gasteiger partial charge is 0.325 e. The van der Waals surface area contributed by atoms with Gasteiger partial charge in [0, 0.05) is 24.0 Å². The van der Waals surface area contributed by atoms with Gasteiger partial charge in [0.2, 0.25) is 0 Å². The predicted molar refractivity (Wildman–Crippen MR) is 132 cm³/mol. The average molecular weight is 478 g/mol. The molecule has 3 aromatic rings. The molecule has 0 saturated carbocycles. The van der Waals surface area contributed by atoms with Crippen molar-refractivity contribution >= 4 is 17.7 Å². The second kappa shape index (κ2) is 8.72. The SMILES string of the molecule is CCC1(CC)NC(=O)N(CC(=O)c2cc(C)n(-c3c(C)n(C)n(-c4ccccc4)c3=O)c2C)C1=O. The molecule has 1 aromatic carbocycles. The highest BCUT2D eigenvalue weighted by Crippen LogP contribution is 2.27. The van der Waals surface area contributed by atoms with Gasteiger partial charge in [-0.1, -0.05) is 32.0 Å². The van der Waals surface area contributed by atoms with E-state index in [1.165, 1.54) is 0 Å². The van der Waals surface area contributed by atoms with E-state index in [-0.39, 0.29) is 23.8 Å². The number of ketones is 1. The maximum atomic E-state index is 13.5. The maximum Gasteiger partial charge on any atom is 0.325 e. The van der Waals surface area contributed by atoms with Gasteiger partial charge in [0.05, 0.1) is 17.9 Å². The van der Waals surface area contributed by atoms with Gasteiger partial charge in [0.1, 0.15) is 11.2 Å². The van der Waals surface area contributed by atoms with Gasteiger partial charge in [-0.3, -0.25) is 24.0 Å². The number of imide groups is 1. The monoisotopic (exact) mass is 477 g/mol. The van der Waals surface area contributed by atoms with Crippen molar-refractivity contribution in [2.75, 3.05) is 6.54 Å². The molecule has 3 amide bonds. The minimum absolute atomic E-state index is 0.207. The van der Waals surface area contributed by atoms with E-state index < -0.39 is 11.6 Å². The Bertz CT molecular complexity index is 1390. The first kappa shape index (κ1) is 24.3. The molecule has 9 heteroatoms. The Hall–Kier alpha value is -3.88. The van der Waals surface area contributed by atoms with Crippen LogP contribution in [0, 0.1) is 20.8 Å². The summed E-state index contributed by atoms with van der Waals surface area (Å²) in [5, 5.41) is 2.75. The molecule has 184 valence electrons. The first-order valence-corrected chi connectivity index (χ1v) is 11.8. The quantitative estimate of drug-likeness (QED) is 0.417. The third-order valence-electron chi connectivity index (χ3n) is 7.23. The van der Waals surface area contributed by atoms with Gasteiger partial charge in [0.15, 0.2) is 5.78 Å². The number of aryl methyl sites for hydroxylation is 1. The number of carbonyl (C=O) groups excluding carboxylic acids is 3. The van der Waals surface area contributed by atoms with E-state index >= 15 is 0 Å². The Balaban J connectivity index is 1.73. The topological polar surface area (TPSA) is 98.3 Å². The maximum absolute atomic E-state index is 13.5. The molecule has 35 heavy (non-hydrogen) atoms. The summed E-state index contributed by atoms with van der Waals surface area (Å²) in [6, 6.07) is 10.5. The van der Waals surface area contributed by atoms with Gasteiger partial charge in [-0.2, -0.15) is 0 Å². The molecule has 1 fully saturated rings. The fraction of sp³-hybridized carbons (Fsp3) is 0.385. The van der Waals surface area contributed by atoms with Crippen LogP contribution in [0.2, 0.25) is 0 Å². The number of urea groups is 1. The molecule has 1 saturated heterocycles. The van der Waals surface area contributed by atoms with Crippen LogP contribution in [0.4, 0.5) is 4.79 Å². The van der Waals surface area contributed by atoms with Gasteiger partial charge in [0.25, 0.3) is 11.5 Å². The smallest absolute Gasteiger partial charge is 0.323 e. The Morgan fingerprint density at radius 2 is 1.60 bits per heavy atom. The van der Waals surface area contributed by atoms with E-state index in [0.29, 0.717) is 35.5 Å². The van der Waals surface area contributed by atoms with Crippen LogP contribution in [-0.2, 0) is 11.8 Å². The van der Waals surface area contributed by atoms with Gasteiger partial charge < -0.3 is 9.88 Å². The number of benzene rings is 1. The first-order valence-electron chi connectivity index (χ1n) is 11.8. The molecular weight excluding hydrogens is 446 g/mol. The van der Waals surface area contributed by atoms with Crippen LogP contribution >= 0.6 is 0 Å². The highest BCUT2D eigenvalue weighted by atomic mass is 16.2. The second-order valence-corrected chi connectivity index (χ2v) is 9.06. The molecule has 4 rings (SSSR count). The van der Waals surface area contributed by atoms with E-state index in [1.54, 1.807) is 26.9 Å². The zero-order valence-electron chi connectivity index (χ0n) is 21.0. The number of nitrogens with one attached hydrogen (secondary N) is 1. The Morgan fingerprint density at radius 1 is 0.971 bits per heavy atom. The van der Waals surface area contributed by atoms with Crippen molar-refractivity contribution in [1.29, 1.82) is 0 Å². The minimum Gasteiger partial charge on any atom is -0.323 e. The van der Waals surface area contributed by atoms with Gasteiger partial charge in [-0.15, -0.1) is 0 Å². The fourth-order valence-corrected chi connectivity index (χ4v) is 4.98. The van der Waals surface area contributed by atoms with Gasteiger partial charge >= 0.3 is 6.03 Å². The lowest BCUT2D eigenvalue weighted by atomic mass is 9.93. The number of aromatic nitrogens is 3. The van der Waals surface area contributed by atoms with E-state index in [9.17, 15) is 19.2 Å². The molecule has 3 heterocycles. The number of hydrogen-bond acceptors (Lipinski definition) is 4. The molecule has 1 aliphatic heterocycles. The number of carbonyl (C=O) groups is 3. The Labute approximate surface area is 203 Å². The van der Waals surface area contributed by atoms with Crippen molar-refractivity contribution in [2.24, 2.45) is 7.05 Å². The summed E-state index contributed by atoms with van der Waals surface area (Å²) in [5.74, 6) is -0.730. The summed E-state index contributed by atoms with van der Waals surface area (Å²) in [7, 11) is 1.82. The minimum atomic E-state index is -0.960. The highest BCUT2D eigenvalue weighted by molar-refractivity contribution is 6.11. The van der Waals surface area contributed by atoms with E-state index in [1.807, 2.05) is 65.1 Å². The van der Waals surface area contributed by atoms with Crippen LogP contribution in [0.25, 0.3) is 11.4 Å². The fourth-order valence-electron chi connectivity index (χ4n) is 4.98. The zero-order chi connectivity index (χ0) is 25.7. The molecule has 1 aliphatic rings. The van der Waals surface area contributed by atoms with Crippen molar-refractivity contribution in [3.8, 4) is 11.4 Å². The number of hydrogen-bond donors (Lipinski definition) is 1. The van der Waals surface area contributed by atoms with Crippen molar-refractivity contribution < 1.29 is 14.4 Å². The number of rotatable bonds is 7. The van der Waals surface area contributed by atoms with Crippen LogP contribution < -0.4 is 10.9 Å². The van der Waals surface area contributed by atoms with Gasteiger partial charge in [-0.25, -0.2) is 9.48 Å². The lowest BCUT2D eigenvalue weighted by Crippen LogP contribution is -2.46. The van der Waals surface area contributed by atoms with Crippen molar-refractivity contribution in [1.82, 2.24) is 24.1 Å². The van der Waals surface area contributed by atoms with E-state index in [2.05, 4.69) is 5.32 Å². The predicted octanol–water partition coefficient (Wildman–Crippen LogP) is 3.19. The highest BCUT2D eigenvalue weighted by Gasteiger charge is 2.49. The number of nitrogens with zero attached hydrogens (tertiary/aromatic N) is 4. The first-order chi connectivity index (χ1) is 16.6. The molecule has 0 atom stereocenters. The second-order valence-electron chi connectivity index (χ2n) is 9.06. The summed E-state index contributed by atoms with van der Waals surface area (Å²) in [4.78, 5) is 53.3. The van der Waals surface area contributed by atoms with E-state index in [0.717, 1.165) is 16.3 Å². The van der Waals surface area contributed by atoms with Crippen molar-refractivity contribution in [3.63, 3.8) is 0 Å². The third kappa shape index (κ3) is 3.62. The zero-order valence-corrected chi connectivity index (χ0v) is 21.0. The molecule has 0 radical (unpaired) electrons. The summed E-state index contributed by atoms with van der Waals surface area (Å²) in [6.45, 7) is 8.79. The van der Waals surface area contributed by atoms with Crippen LogP contribution in [0.1, 0.15) is 54.1 Å². The number of Topliss-reactive ketones (excluding diaryl/α,β-unsaturated/α-hetero) is 1. The third-order valence-corrected chi connectivity index (χ3v) is 7.23. The molecule has 0 spiro atoms. The summed E-state index contributed by atoms with van der Waals surface area (Å²) >= 11 is 0. The lowest BCUT2D eigenvalue weighted by molar-refractivity contribution is -0.131. The number of para-hydroxylation sites is 1.